The zero-order valence-electron chi connectivity index (χ0n) is 11.2. The predicted octanol–water partition coefficient (Wildman–Crippen LogP) is 2.19. The molecule has 0 aliphatic heterocycles. The second-order valence-electron chi connectivity index (χ2n) is 4.01. The van der Waals surface area contributed by atoms with Crippen molar-refractivity contribution in [2.75, 3.05) is 19.8 Å². The Morgan fingerprint density at radius 1 is 1.10 bits per heavy atom. The van der Waals surface area contributed by atoms with Gasteiger partial charge in [-0.25, -0.2) is 0 Å². The molecular weight excluding hydrogens is 254 g/mol. The minimum atomic E-state index is 0.366. The van der Waals surface area contributed by atoms with Crippen LogP contribution in [0, 0.1) is 11.8 Å². The molecule has 0 saturated heterocycles. The van der Waals surface area contributed by atoms with Crippen LogP contribution in [0.5, 0.6) is 5.75 Å². The number of hydrogen-bond acceptors (Lipinski definition) is 4. The highest BCUT2D eigenvalue weighted by Gasteiger charge is 1.97. The zero-order valence-corrected chi connectivity index (χ0v) is 11.2. The Hall–Kier alpha value is -2.22. The lowest BCUT2D eigenvalue weighted by Crippen LogP contribution is -2.06. The molecule has 2 aromatic rings. The molecule has 0 amide bonds. The van der Waals surface area contributed by atoms with Gasteiger partial charge in [0.25, 0.3) is 0 Å². The van der Waals surface area contributed by atoms with Gasteiger partial charge in [-0.2, -0.15) is 0 Å². The third kappa shape index (κ3) is 4.81. The van der Waals surface area contributed by atoms with Crippen molar-refractivity contribution in [3.63, 3.8) is 0 Å². The molecule has 1 aromatic carbocycles. The Morgan fingerprint density at radius 2 is 1.95 bits per heavy atom. The van der Waals surface area contributed by atoms with E-state index in [1.54, 1.807) is 6.26 Å². The van der Waals surface area contributed by atoms with Gasteiger partial charge in [0.05, 0.1) is 19.4 Å². The summed E-state index contributed by atoms with van der Waals surface area (Å²) in [7, 11) is 0. The van der Waals surface area contributed by atoms with Crippen molar-refractivity contribution in [2.24, 2.45) is 5.73 Å². The molecule has 2 rings (SSSR count). The summed E-state index contributed by atoms with van der Waals surface area (Å²) in [6.07, 6.45) is 1.63. The first-order chi connectivity index (χ1) is 9.88. The lowest BCUT2D eigenvalue weighted by atomic mass is 10.2. The van der Waals surface area contributed by atoms with Gasteiger partial charge in [0.15, 0.2) is 0 Å². The summed E-state index contributed by atoms with van der Waals surface area (Å²) in [5.41, 5.74) is 6.24. The summed E-state index contributed by atoms with van der Waals surface area (Å²) in [6, 6.07) is 11.3. The Balaban J connectivity index is 1.66. The van der Waals surface area contributed by atoms with Crippen molar-refractivity contribution in [3.05, 3.63) is 54.0 Å². The van der Waals surface area contributed by atoms with E-state index in [0.717, 1.165) is 17.1 Å². The molecule has 0 fully saturated rings. The summed E-state index contributed by atoms with van der Waals surface area (Å²) < 4.78 is 16.1. The standard InChI is InChI=1S/C16H17NO3/c17-9-1-3-14-5-7-15(8-6-14)20-12-11-18-13-16-4-2-10-19-16/h2,4-8,10H,9,11-13,17H2. The molecule has 104 valence electrons. The Morgan fingerprint density at radius 3 is 2.65 bits per heavy atom. The average molecular weight is 271 g/mol. The van der Waals surface area contributed by atoms with Crippen LogP contribution in [0.1, 0.15) is 11.3 Å². The number of rotatable bonds is 6. The van der Waals surface area contributed by atoms with Crippen molar-refractivity contribution < 1.29 is 13.9 Å². The summed E-state index contributed by atoms with van der Waals surface area (Å²) >= 11 is 0. The van der Waals surface area contributed by atoms with Gasteiger partial charge < -0.3 is 19.6 Å². The lowest BCUT2D eigenvalue weighted by molar-refractivity contribution is 0.0781. The first-order valence-corrected chi connectivity index (χ1v) is 6.40. The molecule has 2 N–H and O–H groups in total. The van der Waals surface area contributed by atoms with E-state index in [0.29, 0.717) is 26.4 Å². The topological polar surface area (TPSA) is 57.6 Å². The van der Waals surface area contributed by atoms with Crippen molar-refractivity contribution in [1.29, 1.82) is 0 Å². The van der Waals surface area contributed by atoms with Crippen LogP contribution in [0.3, 0.4) is 0 Å². The van der Waals surface area contributed by atoms with Crippen LogP contribution < -0.4 is 10.5 Å². The monoisotopic (exact) mass is 271 g/mol. The van der Waals surface area contributed by atoms with Crippen LogP contribution in [0.2, 0.25) is 0 Å². The Bertz CT molecular complexity index is 550. The second-order valence-corrected chi connectivity index (χ2v) is 4.01. The molecule has 20 heavy (non-hydrogen) atoms. The van der Waals surface area contributed by atoms with Crippen molar-refractivity contribution in [2.45, 2.75) is 6.61 Å². The molecule has 0 atom stereocenters. The predicted molar refractivity (Wildman–Crippen MR) is 76.2 cm³/mol. The van der Waals surface area contributed by atoms with Crippen molar-refractivity contribution >= 4 is 0 Å². The molecule has 0 radical (unpaired) electrons. The molecule has 1 aromatic heterocycles. The maximum Gasteiger partial charge on any atom is 0.129 e. The van der Waals surface area contributed by atoms with Crippen LogP contribution in [-0.4, -0.2) is 19.8 Å². The minimum absolute atomic E-state index is 0.366. The highest BCUT2D eigenvalue weighted by molar-refractivity contribution is 5.38. The summed E-state index contributed by atoms with van der Waals surface area (Å²) in [4.78, 5) is 0. The van der Waals surface area contributed by atoms with Gasteiger partial charge in [0.2, 0.25) is 0 Å². The average Bonchev–Trinajstić information content (AvgIpc) is 2.99. The molecule has 0 aliphatic carbocycles. The van der Waals surface area contributed by atoms with Crippen LogP contribution in [0.25, 0.3) is 0 Å². The number of benzene rings is 1. The van der Waals surface area contributed by atoms with Crippen LogP contribution in [0.4, 0.5) is 0 Å². The van der Waals surface area contributed by atoms with Crippen LogP contribution in [0.15, 0.2) is 47.1 Å². The molecule has 0 unspecified atom stereocenters. The molecule has 0 saturated carbocycles. The molecule has 4 heteroatoms. The Kier molecular flexibility index (Phi) is 5.71. The van der Waals surface area contributed by atoms with Crippen molar-refractivity contribution in [3.8, 4) is 17.6 Å². The molecule has 0 aliphatic rings. The second kappa shape index (κ2) is 8.05. The minimum Gasteiger partial charge on any atom is -0.491 e. The summed E-state index contributed by atoms with van der Waals surface area (Å²) in [5, 5.41) is 0. The summed E-state index contributed by atoms with van der Waals surface area (Å²) in [5.74, 6) is 7.37. The van der Waals surface area contributed by atoms with Gasteiger partial charge in [0.1, 0.15) is 24.7 Å². The van der Waals surface area contributed by atoms with Crippen LogP contribution in [-0.2, 0) is 11.3 Å². The van der Waals surface area contributed by atoms with Gasteiger partial charge in [-0.1, -0.05) is 11.8 Å². The number of hydrogen-bond donors (Lipinski definition) is 1. The third-order valence-electron chi connectivity index (χ3n) is 2.51. The van der Waals surface area contributed by atoms with E-state index in [-0.39, 0.29) is 0 Å². The smallest absolute Gasteiger partial charge is 0.129 e. The Labute approximate surface area is 118 Å². The molecular formula is C16H17NO3. The van der Waals surface area contributed by atoms with Gasteiger partial charge in [-0.05, 0) is 36.4 Å². The molecule has 0 bridgehead atoms. The molecule has 4 nitrogen and oxygen atoms in total. The fourth-order valence-electron chi connectivity index (χ4n) is 1.57. The van der Waals surface area contributed by atoms with E-state index >= 15 is 0 Å². The third-order valence-corrected chi connectivity index (χ3v) is 2.51. The van der Waals surface area contributed by atoms with E-state index in [1.807, 2.05) is 36.4 Å². The van der Waals surface area contributed by atoms with Gasteiger partial charge in [-0.3, -0.25) is 0 Å². The van der Waals surface area contributed by atoms with E-state index < -0.39 is 0 Å². The summed E-state index contributed by atoms with van der Waals surface area (Å²) in [6.45, 7) is 1.83. The highest BCUT2D eigenvalue weighted by Crippen LogP contribution is 2.11. The van der Waals surface area contributed by atoms with E-state index in [9.17, 15) is 0 Å². The van der Waals surface area contributed by atoms with E-state index in [2.05, 4.69) is 11.8 Å². The van der Waals surface area contributed by atoms with Crippen molar-refractivity contribution in [1.82, 2.24) is 0 Å². The zero-order chi connectivity index (χ0) is 14.0. The van der Waals surface area contributed by atoms with Crippen LogP contribution >= 0.6 is 0 Å². The van der Waals surface area contributed by atoms with Gasteiger partial charge in [0, 0.05) is 5.56 Å². The quantitative estimate of drug-likeness (QED) is 0.646. The molecule has 0 spiro atoms. The first-order valence-electron chi connectivity index (χ1n) is 6.40. The SMILES string of the molecule is NCC#Cc1ccc(OCCOCc2ccco2)cc1. The lowest BCUT2D eigenvalue weighted by Gasteiger charge is -2.06. The molecule has 1 heterocycles. The highest BCUT2D eigenvalue weighted by atomic mass is 16.5. The fourth-order valence-corrected chi connectivity index (χ4v) is 1.57. The van der Waals surface area contributed by atoms with E-state index in [1.165, 1.54) is 0 Å². The first kappa shape index (κ1) is 14.2. The maximum absolute atomic E-state index is 5.56. The maximum atomic E-state index is 5.56. The van der Waals surface area contributed by atoms with E-state index in [4.69, 9.17) is 19.6 Å². The van der Waals surface area contributed by atoms with Gasteiger partial charge >= 0.3 is 0 Å². The fraction of sp³-hybridized carbons (Fsp3) is 0.250. The number of ether oxygens (including phenoxy) is 2. The normalized spacial score (nSPS) is 9.85. The number of nitrogens with two attached hydrogens (primary N) is 1. The number of furan rings is 1. The largest absolute Gasteiger partial charge is 0.491 e. The van der Waals surface area contributed by atoms with Gasteiger partial charge in [-0.15, -0.1) is 0 Å².